The molecule has 0 fully saturated rings. The summed E-state index contributed by atoms with van der Waals surface area (Å²) >= 11 is 4.19. The van der Waals surface area contributed by atoms with E-state index in [-0.39, 0.29) is 0 Å². The first-order valence-corrected chi connectivity index (χ1v) is 8.94. The van der Waals surface area contributed by atoms with Crippen LogP contribution in [0.1, 0.15) is 38.2 Å². The first-order valence-electron chi connectivity index (χ1n) is 6.63. The highest BCUT2D eigenvalue weighted by Crippen LogP contribution is 2.14. The summed E-state index contributed by atoms with van der Waals surface area (Å²) in [5.74, 6) is 5.19. The average Bonchev–Trinajstić information content (AvgIpc) is 2.38. The SMILES string of the molecule is CCCCSCCCCSCc1ccccc1. The molecule has 0 aromatic heterocycles. The molecule has 0 nitrogen and oxygen atoms in total. The third-order valence-electron chi connectivity index (χ3n) is 2.58. The standard InChI is InChI=1S/C15H24S2/c1-2-3-11-16-12-7-8-13-17-14-15-9-5-4-6-10-15/h4-6,9-10H,2-3,7-8,11-14H2,1H3. The topological polar surface area (TPSA) is 0 Å². The zero-order valence-electron chi connectivity index (χ0n) is 10.9. The van der Waals surface area contributed by atoms with Gasteiger partial charge in [0.15, 0.2) is 0 Å². The molecule has 0 aliphatic carbocycles. The van der Waals surface area contributed by atoms with Gasteiger partial charge in [0.1, 0.15) is 0 Å². The van der Waals surface area contributed by atoms with E-state index in [2.05, 4.69) is 60.8 Å². The Bertz CT molecular complexity index is 259. The Kier molecular flexibility index (Phi) is 9.72. The summed E-state index contributed by atoms with van der Waals surface area (Å²) in [6, 6.07) is 10.8. The van der Waals surface area contributed by atoms with Crippen molar-refractivity contribution >= 4 is 23.5 Å². The molecule has 2 heteroatoms. The Balaban J connectivity index is 1.85. The zero-order chi connectivity index (χ0) is 12.2. The van der Waals surface area contributed by atoms with Crippen molar-refractivity contribution in [2.45, 2.75) is 38.4 Å². The summed E-state index contributed by atoms with van der Waals surface area (Å²) in [6.07, 6.45) is 5.47. The molecular formula is C15H24S2. The lowest BCUT2D eigenvalue weighted by Gasteiger charge is -2.02. The van der Waals surface area contributed by atoms with Gasteiger partial charge in [0, 0.05) is 5.75 Å². The van der Waals surface area contributed by atoms with Gasteiger partial charge in [-0.25, -0.2) is 0 Å². The quantitative estimate of drug-likeness (QED) is 0.533. The smallest absolute Gasteiger partial charge is 0.0184 e. The molecule has 96 valence electrons. The molecule has 17 heavy (non-hydrogen) atoms. The van der Waals surface area contributed by atoms with Crippen molar-refractivity contribution in [3.63, 3.8) is 0 Å². The summed E-state index contributed by atoms with van der Waals surface area (Å²) in [4.78, 5) is 0. The van der Waals surface area contributed by atoms with Crippen LogP contribution in [0.2, 0.25) is 0 Å². The van der Waals surface area contributed by atoms with E-state index in [1.807, 2.05) is 0 Å². The normalized spacial score (nSPS) is 10.6. The second-order valence-corrected chi connectivity index (χ2v) is 6.54. The van der Waals surface area contributed by atoms with Crippen molar-refractivity contribution in [2.75, 3.05) is 17.3 Å². The number of thioether (sulfide) groups is 2. The molecule has 0 unspecified atom stereocenters. The Hall–Kier alpha value is -0.0800. The van der Waals surface area contributed by atoms with Crippen molar-refractivity contribution in [2.24, 2.45) is 0 Å². The fourth-order valence-corrected chi connectivity index (χ4v) is 3.61. The summed E-state index contributed by atoms with van der Waals surface area (Å²) in [5, 5.41) is 0. The summed E-state index contributed by atoms with van der Waals surface area (Å²) in [7, 11) is 0. The maximum atomic E-state index is 2.26. The lowest BCUT2D eigenvalue weighted by atomic mass is 10.2. The fourth-order valence-electron chi connectivity index (χ4n) is 1.52. The molecule has 0 atom stereocenters. The van der Waals surface area contributed by atoms with Gasteiger partial charge in [0.2, 0.25) is 0 Å². The van der Waals surface area contributed by atoms with E-state index in [4.69, 9.17) is 0 Å². The second-order valence-electron chi connectivity index (χ2n) is 4.21. The number of hydrogen-bond acceptors (Lipinski definition) is 2. The van der Waals surface area contributed by atoms with Crippen LogP contribution in [0.4, 0.5) is 0 Å². The van der Waals surface area contributed by atoms with Crippen LogP contribution in [0.25, 0.3) is 0 Å². The van der Waals surface area contributed by atoms with Crippen molar-refractivity contribution in [3.8, 4) is 0 Å². The van der Waals surface area contributed by atoms with Gasteiger partial charge in [-0.1, -0.05) is 43.7 Å². The highest BCUT2D eigenvalue weighted by molar-refractivity contribution is 7.99. The molecule has 0 radical (unpaired) electrons. The second kappa shape index (κ2) is 11.0. The largest absolute Gasteiger partial charge is 0.162 e. The molecule has 0 spiro atoms. The van der Waals surface area contributed by atoms with Crippen LogP contribution in [0.5, 0.6) is 0 Å². The molecule has 0 aliphatic rings. The Morgan fingerprint density at radius 2 is 1.47 bits per heavy atom. The van der Waals surface area contributed by atoms with Crippen molar-refractivity contribution in [1.82, 2.24) is 0 Å². The molecule has 1 rings (SSSR count). The lowest BCUT2D eigenvalue weighted by Crippen LogP contribution is -1.87. The van der Waals surface area contributed by atoms with Gasteiger partial charge in [-0.2, -0.15) is 23.5 Å². The summed E-state index contributed by atoms with van der Waals surface area (Å²) < 4.78 is 0. The molecular weight excluding hydrogens is 244 g/mol. The Morgan fingerprint density at radius 1 is 0.824 bits per heavy atom. The lowest BCUT2D eigenvalue weighted by molar-refractivity contribution is 0.883. The summed E-state index contributed by atoms with van der Waals surface area (Å²) in [5.41, 5.74) is 1.45. The van der Waals surface area contributed by atoms with Crippen LogP contribution < -0.4 is 0 Å². The van der Waals surface area contributed by atoms with E-state index in [0.717, 1.165) is 0 Å². The molecule has 0 heterocycles. The van der Waals surface area contributed by atoms with Gasteiger partial charge in [0.05, 0.1) is 0 Å². The Morgan fingerprint density at radius 3 is 2.18 bits per heavy atom. The average molecular weight is 268 g/mol. The van der Waals surface area contributed by atoms with Gasteiger partial charge in [-0.3, -0.25) is 0 Å². The minimum atomic E-state index is 1.17. The number of benzene rings is 1. The van der Waals surface area contributed by atoms with Crippen LogP contribution in [0.3, 0.4) is 0 Å². The van der Waals surface area contributed by atoms with Crippen molar-refractivity contribution in [3.05, 3.63) is 35.9 Å². The fraction of sp³-hybridized carbons (Fsp3) is 0.600. The van der Waals surface area contributed by atoms with E-state index in [9.17, 15) is 0 Å². The maximum Gasteiger partial charge on any atom is 0.0184 e. The molecule has 0 aliphatic heterocycles. The predicted molar refractivity (Wildman–Crippen MR) is 84.1 cm³/mol. The van der Waals surface area contributed by atoms with Gasteiger partial charge < -0.3 is 0 Å². The third kappa shape index (κ3) is 8.62. The van der Waals surface area contributed by atoms with Crippen LogP contribution >= 0.6 is 23.5 Å². The molecule has 1 aromatic rings. The van der Waals surface area contributed by atoms with Crippen molar-refractivity contribution < 1.29 is 0 Å². The maximum absolute atomic E-state index is 2.26. The monoisotopic (exact) mass is 268 g/mol. The minimum Gasteiger partial charge on any atom is -0.162 e. The first kappa shape index (κ1) is 15.0. The minimum absolute atomic E-state index is 1.17. The van der Waals surface area contributed by atoms with E-state index >= 15 is 0 Å². The predicted octanol–water partition coefficient (Wildman–Crippen LogP) is 5.23. The summed E-state index contributed by atoms with van der Waals surface area (Å²) in [6.45, 7) is 2.26. The number of hydrogen-bond donors (Lipinski definition) is 0. The van der Waals surface area contributed by atoms with Crippen LogP contribution in [0.15, 0.2) is 30.3 Å². The van der Waals surface area contributed by atoms with Gasteiger partial charge in [-0.15, -0.1) is 0 Å². The van der Waals surface area contributed by atoms with E-state index < -0.39 is 0 Å². The van der Waals surface area contributed by atoms with Crippen LogP contribution in [-0.4, -0.2) is 17.3 Å². The zero-order valence-corrected chi connectivity index (χ0v) is 12.5. The van der Waals surface area contributed by atoms with Crippen LogP contribution in [-0.2, 0) is 5.75 Å². The van der Waals surface area contributed by atoms with Gasteiger partial charge >= 0.3 is 0 Å². The number of rotatable bonds is 10. The van der Waals surface area contributed by atoms with E-state index in [1.54, 1.807) is 0 Å². The van der Waals surface area contributed by atoms with Gasteiger partial charge in [-0.05, 0) is 42.1 Å². The highest BCUT2D eigenvalue weighted by atomic mass is 32.2. The first-order chi connectivity index (χ1) is 8.43. The van der Waals surface area contributed by atoms with Gasteiger partial charge in [0.25, 0.3) is 0 Å². The van der Waals surface area contributed by atoms with E-state index in [0.29, 0.717) is 0 Å². The number of unbranched alkanes of at least 4 members (excludes halogenated alkanes) is 2. The van der Waals surface area contributed by atoms with Crippen LogP contribution in [0, 0.1) is 0 Å². The highest BCUT2D eigenvalue weighted by Gasteiger charge is 1.94. The van der Waals surface area contributed by atoms with E-state index in [1.165, 1.54) is 54.3 Å². The molecule has 0 N–H and O–H groups in total. The molecule has 0 bridgehead atoms. The molecule has 0 amide bonds. The molecule has 0 saturated heterocycles. The molecule has 1 aromatic carbocycles. The third-order valence-corrected chi connectivity index (χ3v) is 4.85. The Labute approximate surface area is 115 Å². The molecule has 0 saturated carbocycles. The van der Waals surface area contributed by atoms with Crippen molar-refractivity contribution in [1.29, 1.82) is 0 Å².